The highest BCUT2D eigenvalue weighted by molar-refractivity contribution is 5.89. The normalized spacial score (nSPS) is 17.7. The van der Waals surface area contributed by atoms with Crippen molar-refractivity contribution in [2.45, 2.75) is 31.7 Å². The zero-order valence-electron chi connectivity index (χ0n) is 7.85. The summed E-state index contributed by atoms with van der Waals surface area (Å²) in [5, 5.41) is 9.59. The van der Waals surface area contributed by atoms with Gasteiger partial charge in [0, 0.05) is 0 Å². The molecule has 0 aromatic heterocycles. The molecular weight excluding hydrogens is 222 g/mol. The van der Waals surface area contributed by atoms with Crippen LogP contribution < -0.4 is 5.32 Å². The Morgan fingerprint density at radius 1 is 1.33 bits per heavy atom. The Labute approximate surface area is 82.3 Å². The van der Waals surface area contributed by atoms with Crippen molar-refractivity contribution in [1.82, 2.24) is 5.32 Å². The second-order valence-electron chi connectivity index (χ2n) is 3.08. The molecule has 0 saturated carbocycles. The van der Waals surface area contributed by atoms with Crippen molar-refractivity contribution >= 4 is 11.9 Å². The molecule has 8 heteroatoms. The zero-order chi connectivity index (χ0) is 12.4. The number of halogens is 4. The lowest BCUT2D eigenvalue weighted by atomic mass is 9.97. The lowest BCUT2D eigenvalue weighted by Crippen LogP contribution is -2.60. The minimum Gasteiger partial charge on any atom is -0.479 e. The van der Waals surface area contributed by atoms with Crippen molar-refractivity contribution in [1.29, 1.82) is 0 Å². The van der Waals surface area contributed by atoms with Gasteiger partial charge in [-0.25, -0.2) is 9.18 Å². The van der Waals surface area contributed by atoms with E-state index in [1.807, 2.05) is 0 Å². The second-order valence-corrected chi connectivity index (χ2v) is 3.08. The molecule has 2 atom stereocenters. The van der Waals surface area contributed by atoms with E-state index in [1.54, 1.807) is 0 Å². The van der Waals surface area contributed by atoms with Gasteiger partial charge in [-0.1, -0.05) is 0 Å². The van der Waals surface area contributed by atoms with Crippen molar-refractivity contribution in [2.24, 2.45) is 0 Å². The Bertz CT molecular complexity index is 276. The van der Waals surface area contributed by atoms with E-state index in [4.69, 9.17) is 5.11 Å². The first-order valence-corrected chi connectivity index (χ1v) is 3.78. The Balaban J connectivity index is 4.88. The highest BCUT2D eigenvalue weighted by atomic mass is 19.4. The number of rotatable bonds is 3. The van der Waals surface area contributed by atoms with Crippen LogP contribution in [-0.4, -0.2) is 34.9 Å². The average Bonchev–Trinajstić information content (AvgIpc) is 2.01. The molecule has 0 aromatic carbocycles. The third-order valence-electron chi connectivity index (χ3n) is 1.87. The molecule has 2 N–H and O–H groups in total. The number of hydrogen-bond acceptors (Lipinski definition) is 2. The highest BCUT2D eigenvalue weighted by Gasteiger charge is 2.48. The molecule has 0 aliphatic heterocycles. The number of nitrogens with one attached hydrogen (secondary N) is 1. The van der Waals surface area contributed by atoms with Crippen molar-refractivity contribution in [3.63, 3.8) is 0 Å². The van der Waals surface area contributed by atoms with Gasteiger partial charge in [0.15, 0.2) is 5.54 Å². The topological polar surface area (TPSA) is 66.4 Å². The molecule has 0 aliphatic rings. The van der Waals surface area contributed by atoms with Crippen molar-refractivity contribution in [2.75, 3.05) is 0 Å². The smallest absolute Gasteiger partial charge is 0.471 e. The number of aliphatic carboxylic acids is 1. The molecule has 0 fully saturated rings. The van der Waals surface area contributed by atoms with Gasteiger partial charge in [0.1, 0.15) is 6.17 Å². The van der Waals surface area contributed by atoms with E-state index in [0.29, 0.717) is 6.92 Å². The first-order chi connectivity index (χ1) is 6.51. The van der Waals surface area contributed by atoms with Crippen LogP contribution in [-0.2, 0) is 9.59 Å². The van der Waals surface area contributed by atoms with Crippen LogP contribution in [0.2, 0.25) is 0 Å². The molecule has 0 heterocycles. The summed E-state index contributed by atoms with van der Waals surface area (Å²) in [6.07, 6.45) is -7.41. The standard InChI is InChI=1S/C7H9F4NO3/c1-3(8)6(2,5(14)15)12-4(13)7(9,10)11/h3H,1-2H3,(H,12,13)(H,14,15)/t3?,6-/m0/s1. The number of carboxylic acid groups (broad SMARTS) is 1. The van der Waals surface area contributed by atoms with Gasteiger partial charge in [0.05, 0.1) is 0 Å². The van der Waals surface area contributed by atoms with E-state index < -0.39 is 29.8 Å². The summed E-state index contributed by atoms with van der Waals surface area (Å²) in [6.45, 7) is 1.40. The summed E-state index contributed by atoms with van der Waals surface area (Å²) in [7, 11) is 0. The zero-order valence-corrected chi connectivity index (χ0v) is 7.85. The van der Waals surface area contributed by atoms with E-state index in [0.717, 1.165) is 12.2 Å². The number of amides is 1. The van der Waals surface area contributed by atoms with E-state index in [2.05, 4.69) is 0 Å². The fourth-order valence-electron chi connectivity index (χ4n) is 0.630. The third-order valence-corrected chi connectivity index (χ3v) is 1.87. The number of alkyl halides is 4. The molecular formula is C7H9F4NO3. The summed E-state index contributed by atoms with van der Waals surface area (Å²) >= 11 is 0. The predicted octanol–water partition coefficient (Wildman–Crippen LogP) is 0.866. The summed E-state index contributed by atoms with van der Waals surface area (Å²) < 4.78 is 48.1. The Morgan fingerprint density at radius 3 is 1.93 bits per heavy atom. The van der Waals surface area contributed by atoms with E-state index in [1.165, 1.54) is 0 Å². The number of hydrogen-bond donors (Lipinski definition) is 2. The molecule has 0 spiro atoms. The summed E-state index contributed by atoms with van der Waals surface area (Å²) in [5.41, 5.74) is -2.59. The van der Waals surface area contributed by atoms with E-state index in [9.17, 15) is 27.2 Å². The summed E-state index contributed by atoms with van der Waals surface area (Å²) in [6, 6.07) is 0. The van der Waals surface area contributed by atoms with E-state index in [-0.39, 0.29) is 0 Å². The van der Waals surface area contributed by atoms with Crippen LogP contribution in [0.3, 0.4) is 0 Å². The maximum atomic E-state index is 12.8. The van der Waals surface area contributed by atoms with Crippen LogP contribution in [0.4, 0.5) is 17.6 Å². The van der Waals surface area contributed by atoms with Crippen LogP contribution in [0.1, 0.15) is 13.8 Å². The van der Waals surface area contributed by atoms with E-state index >= 15 is 0 Å². The Morgan fingerprint density at radius 2 is 1.73 bits per heavy atom. The SMILES string of the molecule is CC(F)[C@](C)(NC(=O)C(F)(F)F)C(=O)O. The van der Waals surface area contributed by atoms with Crippen LogP contribution in [0.5, 0.6) is 0 Å². The molecule has 0 aliphatic carbocycles. The highest BCUT2D eigenvalue weighted by Crippen LogP contribution is 2.19. The van der Waals surface area contributed by atoms with Gasteiger partial charge in [0.2, 0.25) is 0 Å². The molecule has 0 saturated heterocycles. The first-order valence-electron chi connectivity index (χ1n) is 3.78. The quantitative estimate of drug-likeness (QED) is 0.708. The van der Waals surface area contributed by atoms with Gasteiger partial charge in [-0.05, 0) is 13.8 Å². The largest absolute Gasteiger partial charge is 0.479 e. The Kier molecular flexibility index (Phi) is 3.67. The molecule has 1 amide bonds. The van der Waals surface area contributed by atoms with Crippen LogP contribution in [0, 0.1) is 0 Å². The van der Waals surface area contributed by atoms with Crippen molar-refractivity contribution in [3.05, 3.63) is 0 Å². The molecule has 88 valence electrons. The first kappa shape index (κ1) is 13.7. The molecule has 15 heavy (non-hydrogen) atoms. The van der Waals surface area contributed by atoms with Gasteiger partial charge in [-0.2, -0.15) is 13.2 Å². The average molecular weight is 231 g/mol. The molecule has 0 aromatic rings. The van der Waals surface area contributed by atoms with Gasteiger partial charge in [-0.15, -0.1) is 0 Å². The fourth-order valence-corrected chi connectivity index (χ4v) is 0.630. The maximum Gasteiger partial charge on any atom is 0.471 e. The second kappa shape index (κ2) is 4.03. The molecule has 0 radical (unpaired) electrons. The lowest BCUT2D eigenvalue weighted by molar-refractivity contribution is -0.178. The van der Waals surface area contributed by atoms with Gasteiger partial charge in [0.25, 0.3) is 0 Å². The molecule has 0 bridgehead atoms. The van der Waals surface area contributed by atoms with Gasteiger partial charge >= 0.3 is 18.1 Å². The Hall–Kier alpha value is -1.34. The maximum absolute atomic E-state index is 12.8. The van der Waals surface area contributed by atoms with Crippen LogP contribution in [0.25, 0.3) is 0 Å². The molecule has 4 nitrogen and oxygen atoms in total. The fraction of sp³-hybridized carbons (Fsp3) is 0.714. The predicted molar refractivity (Wildman–Crippen MR) is 40.8 cm³/mol. The number of carbonyl (C=O) groups excluding carboxylic acids is 1. The minimum absolute atomic E-state index is 0.656. The number of carbonyl (C=O) groups is 2. The molecule has 1 unspecified atom stereocenters. The molecule has 0 rings (SSSR count). The van der Waals surface area contributed by atoms with Gasteiger partial charge < -0.3 is 10.4 Å². The monoisotopic (exact) mass is 231 g/mol. The summed E-state index contributed by atoms with van der Waals surface area (Å²) in [5.74, 6) is -4.37. The lowest BCUT2D eigenvalue weighted by Gasteiger charge is -2.27. The van der Waals surface area contributed by atoms with Crippen LogP contribution >= 0.6 is 0 Å². The summed E-state index contributed by atoms with van der Waals surface area (Å²) in [4.78, 5) is 20.9. The minimum atomic E-state index is -5.24. The third kappa shape index (κ3) is 3.07. The van der Waals surface area contributed by atoms with Crippen molar-refractivity contribution in [3.8, 4) is 0 Å². The van der Waals surface area contributed by atoms with Gasteiger partial charge in [-0.3, -0.25) is 4.79 Å². The van der Waals surface area contributed by atoms with Crippen molar-refractivity contribution < 1.29 is 32.3 Å². The number of carboxylic acids is 1. The van der Waals surface area contributed by atoms with Crippen LogP contribution in [0.15, 0.2) is 0 Å².